The number of hydrogen-bond acceptors (Lipinski definition) is 5. The van der Waals surface area contributed by atoms with Gasteiger partial charge >= 0.3 is 6.18 Å². The normalized spacial score (nSPS) is 22.0. The average Bonchev–Trinajstić information content (AvgIpc) is 2.69. The van der Waals surface area contributed by atoms with Gasteiger partial charge in [0, 0.05) is 11.6 Å². The monoisotopic (exact) mass is 424 g/mol. The van der Waals surface area contributed by atoms with Gasteiger partial charge in [-0.25, -0.2) is 4.98 Å². The van der Waals surface area contributed by atoms with Crippen LogP contribution in [0.1, 0.15) is 38.2 Å². The van der Waals surface area contributed by atoms with E-state index in [-0.39, 0.29) is 30.8 Å². The Balaban J connectivity index is 1.61. The predicted molar refractivity (Wildman–Crippen MR) is 103 cm³/mol. The smallest absolute Gasteiger partial charge is 0.416 e. The molecule has 1 fully saturated rings. The Morgan fingerprint density at radius 3 is 2.50 bits per heavy atom. The second-order valence-corrected chi connectivity index (χ2v) is 7.64. The summed E-state index contributed by atoms with van der Waals surface area (Å²) in [4.78, 5) is 16.8. The molecule has 0 aliphatic carbocycles. The molecule has 1 saturated heterocycles. The van der Waals surface area contributed by atoms with Crippen LogP contribution in [0.15, 0.2) is 42.6 Å². The van der Waals surface area contributed by atoms with E-state index in [2.05, 4.69) is 10.3 Å². The number of ether oxygens (including phenoxy) is 3. The van der Waals surface area contributed by atoms with Crippen LogP contribution in [-0.2, 0) is 20.4 Å². The standard InChI is InChI=1S/C21H23F3N2O4/c1-13(2)30-17-8-7-16(10-25-17)26-19(27)20(3)11-28-18(29-12-20)14-5-4-6-15(9-14)21(22,23)24/h4-10,13,18H,11-12H2,1-3H3,(H,26,27). The minimum absolute atomic E-state index is 0.0122. The number of hydrogen-bond donors (Lipinski definition) is 1. The lowest BCUT2D eigenvalue weighted by Crippen LogP contribution is -2.45. The molecule has 0 saturated carbocycles. The van der Waals surface area contributed by atoms with E-state index in [0.29, 0.717) is 11.6 Å². The molecule has 1 amide bonds. The fourth-order valence-corrected chi connectivity index (χ4v) is 2.84. The van der Waals surface area contributed by atoms with E-state index < -0.39 is 23.4 Å². The molecule has 9 heteroatoms. The van der Waals surface area contributed by atoms with E-state index in [4.69, 9.17) is 14.2 Å². The summed E-state index contributed by atoms with van der Waals surface area (Å²) in [5.74, 6) is 0.104. The molecule has 162 valence electrons. The minimum atomic E-state index is -4.46. The number of carbonyl (C=O) groups is 1. The van der Waals surface area contributed by atoms with Crippen LogP contribution >= 0.6 is 0 Å². The molecule has 6 nitrogen and oxygen atoms in total. The highest BCUT2D eigenvalue weighted by Crippen LogP contribution is 2.35. The fraction of sp³-hybridized carbons (Fsp3) is 0.429. The van der Waals surface area contributed by atoms with E-state index in [0.717, 1.165) is 12.1 Å². The van der Waals surface area contributed by atoms with Gasteiger partial charge in [0.05, 0.1) is 42.2 Å². The van der Waals surface area contributed by atoms with Crippen molar-refractivity contribution >= 4 is 11.6 Å². The predicted octanol–water partition coefficient (Wildman–Crippen LogP) is 4.58. The van der Waals surface area contributed by atoms with Crippen LogP contribution in [0, 0.1) is 5.41 Å². The van der Waals surface area contributed by atoms with Crippen molar-refractivity contribution in [1.29, 1.82) is 0 Å². The van der Waals surface area contributed by atoms with Gasteiger partial charge in [-0.2, -0.15) is 13.2 Å². The Morgan fingerprint density at radius 2 is 1.93 bits per heavy atom. The van der Waals surface area contributed by atoms with E-state index in [9.17, 15) is 18.0 Å². The van der Waals surface area contributed by atoms with Crippen LogP contribution in [0.25, 0.3) is 0 Å². The number of carbonyl (C=O) groups excluding carboxylic acids is 1. The molecule has 30 heavy (non-hydrogen) atoms. The molecule has 2 aromatic rings. The third kappa shape index (κ3) is 5.28. The third-order valence-electron chi connectivity index (χ3n) is 4.49. The molecule has 0 unspecified atom stereocenters. The zero-order chi connectivity index (χ0) is 21.9. The number of nitrogens with zero attached hydrogens (tertiary/aromatic N) is 1. The van der Waals surface area contributed by atoms with Crippen molar-refractivity contribution in [2.24, 2.45) is 5.41 Å². The highest BCUT2D eigenvalue weighted by molar-refractivity contribution is 5.95. The summed E-state index contributed by atoms with van der Waals surface area (Å²) in [5, 5.41) is 2.75. The summed E-state index contributed by atoms with van der Waals surface area (Å²) in [7, 11) is 0. The van der Waals surface area contributed by atoms with Gasteiger partial charge in [0.1, 0.15) is 0 Å². The maximum absolute atomic E-state index is 12.9. The summed E-state index contributed by atoms with van der Waals surface area (Å²) < 4.78 is 55.4. The van der Waals surface area contributed by atoms with Crippen LogP contribution in [0.4, 0.5) is 18.9 Å². The first-order valence-corrected chi connectivity index (χ1v) is 9.41. The molecule has 3 rings (SSSR count). The quantitative estimate of drug-likeness (QED) is 0.761. The lowest BCUT2D eigenvalue weighted by atomic mass is 9.90. The van der Waals surface area contributed by atoms with Gasteiger partial charge in [-0.05, 0) is 39.0 Å². The molecule has 0 atom stereocenters. The minimum Gasteiger partial charge on any atom is -0.475 e. The Morgan fingerprint density at radius 1 is 1.23 bits per heavy atom. The van der Waals surface area contributed by atoms with Crippen molar-refractivity contribution in [1.82, 2.24) is 4.98 Å². The molecular formula is C21H23F3N2O4. The SMILES string of the molecule is CC(C)Oc1ccc(NC(=O)C2(C)COC(c3cccc(C(F)(F)F)c3)OC2)cn1. The first-order valence-electron chi connectivity index (χ1n) is 9.41. The molecule has 1 aromatic carbocycles. The van der Waals surface area contributed by atoms with Crippen LogP contribution in [0.5, 0.6) is 5.88 Å². The van der Waals surface area contributed by atoms with Gasteiger partial charge in [0.25, 0.3) is 0 Å². The Labute approximate surface area is 172 Å². The highest BCUT2D eigenvalue weighted by atomic mass is 19.4. The van der Waals surface area contributed by atoms with Gasteiger partial charge < -0.3 is 19.5 Å². The number of aromatic nitrogens is 1. The van der Waals surface area contributed by atoms with Crippen molar-refractivity contribution in [3.05, 3.63) is 53.7 Å². The number of anilines is 1. The number of rotatable bonds is 5. The van der Waals surface area contributed by atoms with E-state index in [1.54, 1.807) is 19.1 Å². The average molecular weight is 424 g/mol. The summed E-state index contributed by atoms with van der Waals surface area (Å²) in [6.45, 7) is 5.40. The van der Waals surface area contributed by atoms with E-state index in [1.165, 1.54) is 18.3 Å². The number of alkyl halides is 3. The lowest BCUT2D eigenvalue weighted by Gasteiger charge is -2.36. The highest BCUT2D eigenvalue weighted by Gasteiger charge is 2.40. The summed E-state index contributed by atoms with van der Waals surface area (Å²) >= 11 is 0. The van der Waals surface area contributed by atoms with Gasteiger partial charge in [-0.1, -0.05) is 12.1 Å². The van der Waals surface area contributed by atoms with Crippen LogP contribution in [0.3, 0.4) is 0 Å². The molecule has 0 bridgehead atoms. The zero-order valence-electron chi connectivity index (χ0n) is 16.8. The van der Waals surface area contributed by atoms with Crippen molar-refractivity contribution in [2.45, 2.75) is 39.3 Å². The molecule has 1 aromatic heterocycles. The van der Waals surface area contributed by atoms with E-state index in [1.807, 2.05) is 13.8 Å². The number of benzene rings is 1. The summed E-state index contributed by atoms with van der Waals surface area (Å²) in [6, 6.07) is 8.08. The topological polar surface area (TPSA) is 69.7 Å². The molecule has 1 aliphatic rings. The van der Waals surface area contributed by atoms with Gasteiger partial charge in [-0.3, -0.25) is 4.79 Å². The molecule has 1 N–H and O–H groups in total. The zero-order valence-corrected chi connectivity index (χ0v) is 16.8. The first kappa shape index (κ1) is 22.0. The molecular weight excluding hydrogens is 401 g/mol. The second kappa shape index (κ2) is 8.61. The van der Waals surface area contributed by atoms with Crippen molar-refractivity contribution in [3.8, 4) is 5.88 Å². The van der Waals surface area contributed by atoms with E-state index >= 15 is 0 Å². The number of pyridine rings is 1. The Kier molecular flexibility index (Phi) is 6.33. The maximum atomic E-state index is 12.9. The van der Waals surface area contributed by atoms with Gasteiger partial charge in [0.2, 0.25) is 11.8 Å². The van der Waals surface area contributed by atoms with Crippen LogP contribution in [-0.4, -0.2) is 30.2 Å². The van der Waals surface area contributed by atoms with Crippen molar-refractivity contribution in [3.63, 3.8) is 0 Å². The fourth-order valence-electron chi connectivity index (χ4n) is 2.84. The molecule has 0 radical (unpaired) electrons. The molecule has 1 aliphatic heterocycles. The van der Waals surface area contributed by atoms with Crippen LogP contribution < -0.4 is 10.1 Å². The number of amides is 1. The number of nitrogens with one attached hydrogen (secondary N) is 1. The summed E-state index contributed by atoms with van der Waals surface area (Å²) in [5.41, 5.74) is -1.06. The van der Waals surface area contributed by atoms with Crippen LogP contribution in [0.2, 0.25) is 0 Å². The third-order valence-corrected chi connectivity index (χ3v) is 4.49. The largest absolute Gasteiger partial charge is 0.475 e. The van der Waals surface area contributed by atoms with Gasteiger partial charge in [-0.15, -0.1) is 0 Å². The van der Waals surface area contributed by atoms with Crippen molar-refractivity contribution < 1.29 is 32.2 Å². The molecule has 0 spiro atoms. The Bertz CT molecular complexity index is 877. The summed E-state index contributed by atoms with van der Waals surface area (Å²) in [6.07, 6.45) is -3.96. The first-order chi connectivity index (χ1) is 14.1. The lowest BCUT2D eigenvalue weighted by molar-refractivity contribution is -0.226. The Hall–Kier alpha value is -2.65. The number of halogens is 3. The maximum Gasteiger partial charge on any atom is 0.416 e. The van der Waals surface area contributed by atoms with Crippen molar-refractivity contribution in [2.75, 3.05) is 18.5 Å². The second-order valence-electron chi connectivity index (χ2n) is 7.64. The van der Waals surface area contributed by atoms with Gasteiger partial charge in [0.15, 0.2) is 6.29 Å². The molecule has 2 heterocycles.